The van der Waals surface area contributed by atoms with Crippen LogP contribution in [0.15, 0.2) is 60.2 Å². The van der Waals surface area contributed by atoms with Gasteiger partial charge in [0.15, 0.2) is 12.4 Å². The number of carbonyl (C=O) groups is 3. The first-order valence-electron chi connectivity index (χ1n) is 12.6. The third-order valence-corrected chi connectivity index (χ3v) is 6.54. The summed E-state index contributed by atoms with van der Waals surface area (Å²) in [6, 6.07) is 15.1. The maximum atomic E-state index is 12.8. The molecule has 9 nitrogen and oxygen atoms in total. The highest BCUT2D eigenvalue weighted by Crippen LogP contribution is 2.44. The van der Waals surface area contributed by atoms with Gasteiger partial charge in [-0.1, -0.05) is 54.1 Å². The SMILES string of the molecule is COC(=O)C1COC(CC[C@H](NC(=O)OCC2c3ccccc3-c3ccccc32)C(=O)OCC=C(C)C)O1. The molecule has 2 aromatic carbocycles. The maximum Gasteiger partial charge on any atom is 0.407 e. The second kappa shape index (κ2) is 12.7. The van der Waals surface area contributed by atoms with E-state index in [-0.39, 0.29) is 38.6 Å². The van der Waals surface area contributed by atoms with Crippen molar-refractivity contribution >= 4 is 18.0 Å². The number of amides is 1. The second-order valence-electron chi connectivity index (χ2n) is 9.42. The summed E-state index contributed by atoms with van der Waals surface area (Å²) in [7, 11) is 1.27. The van der Waals surface area contributed by atoms with E-state index in [1.807, 2.05) is 50.2 Å². The highest BCUT2D eigenvalue weighted by molar-refractivity contribution is 5.82. The van der Waals surface area contributed by atoms with E-state index in [0.717, 1.165) is 27.8 Å². The summed E-state index contributed by atoms with van der Waals surface area (Å²) in [4.78, 5) is 37.3. The molecule has 1 aliphatic heterocycles. The Morgan fingerprint density at radius 1 is 1.03 bits per heavy atom. The molecule has 1 N–H and O–H groups in total. The minimum Gasteiger partial charge on any atom is -0.467 e. The van der Waals surface area contributed by atoms with Crippen LogP contribution in [-0.4, -0.2) is 63.4 Å². The molecule has 202 valence electrons. The maximum absolute atomic E-state index is 12.8. The van der Waals surface area contributed by atoms with Crippen molar-refractivity contribution < 1.29 is 38.1 Å². The van der Waals surface area contributed by atoms with Crippen LogP contribution in [0.3, 0.4) is 0 Å². The van der Waals surface area contributed by atoms with Crippen LogP contribution >= 0.6 is 0 Å². The van der Waals surface area contributed by atoms with Crippen molar-refractivity contribution in [2.45, 2.75) is 51.0 Å². The Balaban J connectivity index is 1.37. The Morgan fingerprint density at radius 3 is 2.32 bits per heavy atom. The molecule has 3 atom stereocenters. The van der Waals surface area contributed by atoms with Crippen molar-refractivity contribution in [3.63, 3.8) is 0 Å². The molecule has 0 bridgehead atoms. The van der Waals surface area contributed by atoms with Crippen LogP contribution in [0.1, 0.15) is 43.7 Å². The number of methoxy groups -OCH3 is 1. The fourth-order valence-electron chi connectivity index (χ4n) is 4.59. The Morgan fingerprint density at radius 2 is 1.68 bits per heavy atom. The molecular weight excluding hydrogens is 490 g/mol. The largest absolute Gasteiger partial charge is 0.467 e. The summed E-state index contributed by atoms with van der Waals surface area (Å²) in [6.07, 6.45) is -0.0704. The zero-order chi connectivity index (χ0) is 27.1. The van der Waals surface area contributed by atoms with Gasteiger partial charge in [-0.05, 0) is 48.6 Å². The summed E-state index contributed by atoms with van der Waals surface area (Å²) < 4.78 is 26.7. The lowest BCUT2D eigenvalue weighted by molar-refractivity contribution is -0.155. The van der Waals surface area contributed by atoms with Gasteiger partial charge in [0.1, 0.15) is 19.3 Å². The molecule has 1 fully saturated rings. The number of allylic oxidation sites excluding steroid dienone is 1. The quantitative estimate of drug-likeness (QED) is 0.282. The van der Waals surface area contributed by atoms with Crippen LogP contribution in [0.2, 0.25) is 0 Å². The summed E-state index contributed by atoms with van der Waals surface area (Å²) >= 11 is 0. The summed E-state index contributed by atoms with van der Waals surface area (Å²) in [6.45, 7) is 4.06. The van der Waals surface area contributed by atoms with Crippen molar-refractivity contribution in [3.8, 4) is 11.1 Å². The van der Waals surface area contributed by atoms with Crippen molar-refractivity contribution in [2.24, 2.45) is 0 Å². The lowest BCUT2D eigenvalue weighted by Crippen LogP contribution is -2.43. The number of carbonyl (C=O) groups excluding carboxylic acids is 3. The molecular formula is C29H33NO8. The molecule has 4 rings (SSSR count). The monoisotopic (exact) mass is 523 g/mol. The minimum absolute atomic E-state index is 0.0623. The highest BCUT2D eigenvalue weighted by atomic mass is 16.7. The van der Waals surface area contributed by atoms with E-state index in [4.69, 9.17) is 18.9 Å². The van der Waals surface area contributed by atoms with E-state index in [1.165, 1.54) is 7.11 Å². The first-order chi connectivity index (χ1) is 18.4. The Kier molecular flexibility index (Phi) is 9.15. The molecule has 0 spiro atoms. The number of fused-ring (bicyclic) bond motifs is 3. The first-order valence-corrected chi connectivity index (χ1v) is 12.6. The number of ether oxygens (including phenoxy) is 5. The molecule has 1 heterocycles. The van der Waals surface area contributed by atoms with Gasteiger partial charge < -0.3 is 29.0 Å². The van der Waals surface area contributed by atoms with Gasteiger partial charge in [-0.25, -0.2) is 14.4 Å². The molecule has 1 aliphatic carbocycles. The predicted molar refractivity (Wildman–Crippen MR) is 138 cm³/mol. The standard InChI is InChI=1S/C29H33NO8/c1-18(2)14-15-35-27(31)24(12-13-26-36-17-25(38-26)28(32)34-3)30-29(33)37-16-23-21-10-6-4-8-19(21)20-9-5-7-11-22(20)23/h4-11,14,23-26H,12-13,15-17H2,1-3H3,(H,30,33)/t24-,25?,26?/m0/s1. The third kappa shape index (κ3) is 6.59. The van der Waals surface area contributed by atoms with Crippen molar-refractivity contribution in [1.82, 2.24) is 5.32 Å². The average Bonchev–Trinajstić information content (AvgIpc) is 3.52. The molecule has 2 unspecified atom stereocenters. The third-order valence-electron chi connectivity index (χ3n) is 6.54. The Bertz CT molecular complexity index is 1140. The molecule has 0 aromatic heterocycles. The van der Waals surface area contributed by atoms with Crippen LogP contribution in [0.4, 0.5) is 4.79 Å². The molecule has 0 saturated carbocycles. The van der Waals surface area contributed by atoms with Crippen LogP contribution in [-0.2, 0) is 33.3 Å². The van der Waals surface area contributed by atoms with E-state index < -0.39 is 36.5 Å². The molecule has 38 heavy (non-hydrogen) atoms. The molecule has 2 aliphatic rings. The number of hydrogen-bond acceptors (Lipinski definition) is 8. The molecule has 0 radical (unpaired) electrons. The number of rotatable bonds is 10. The van der Waals surface area contributed by atoms with Crippen molar-refractivity contribution in [3.05, 3.63) is 71.3 Å². The number of alkyl carbamates (subject to hydrolysis) is 1. The van der Waals surface area contributed by atoms with E-state index in [0.29, 0.717) is 0 Å². The average molecular weight is 524 g/mol. The number of esters is 2. The minimum atomic E-state index is -0.986. The summed E-state index contributed by atoms with van der Waals surface area (Å²) in [5.41, 5.74) is 5.43. The number of benzene rings is 2. The van der Waals surface area contributed by atoms with Gasteiger partial charge in [0.05, 0.1) is 13.7 Å². The van der Waals surface area contributed by atoms with Gasteiger partial charge >= 0.3 is 18.0 Å². The van der Waals surface area contributed by atoms with E-state index >= 15 is 0 Å². The molecule has 2 aromatic rings. The van der Waals surface area contributed by atoms with Gasteiger partial charge in [0, 0.05) is 12.3 Å². The van der Waals surface area contributed by atoms with E-state index in [9.17, 15) is 14.4 Å². The fourth-order valence-corrected chi connectivity index (χ4v) is 4.59. The first kappa shape index (κ1) is 27.3. The lowest BCUT2D eigenvalue weighted by atomic mass is 9.98. The summed E-state index contributed by atoms with van der Waals surface area (Å²) in [5.74, 6) is -1.23. The number of nitrogens with one attached hydrogen (secondary N) is 1. The van der Waals surface area contributed by atoms with Crippen molar-refractivity contribution in [2.75, 3.05) is 26.9 Å². The van der Waals surface area contributed by atoms with Crippen LogP contribution < -0.4 is 5.32 Å². The number of hydrogen-bond donors (Lipinski definition) is 1. The summed E-state index contributed by atoms with van der Waals surface area (Å²) in [5, 5.41) is 2.64. The van der Waals surface area contributed by atoms with E-state index in [2.05, 4.69) is 22.2 Å². The van der Waals surface area contributed by atoms with Gasteiger partial charge in [-0.3, -0.25) is 0 Å². The van der Waals surface area contributed by atoms with Crippen LogP contribution in [0.5, 0.6) is 0 Å². The normalized spacial score (nSPS) is 18.6. The lowest BCUT2D eigenvalue weighted by Gasteiger charge is -2.20. The van der Waals surface area contributed by atoms with Gasteiger partial charge in [0.25, 0.3) is 0 Å². The van der Waals surface area contributed by atoms with Crippen LogP contribution in [0.25, 0.3) is 11.1 Å². The Labute approximate surface area is 222 Å². The highest BCUT2D eigenvalue weighted by Gasteiger charge is 2.34. The van der Waals surface area contributed by atoms with Gasteiger partial charge in [-0.2, -0.15) is 0 Å². The molecule has 1 amide bonds. The van der Waals surface area contributed by atoms with Gasteiger partial charge in [-0.15, -0.1) is 0 Å². The molecule has 1 saturated heterocycles. The fraction of sp³-hybridized carbons (Fsp3) is 0.414. The van der Waals surface area contributed by atoms with E-state index in [1.54, 1.807) is 6.08 Å². The zero-order valence-electron chi connectivity index (χ0n) is 21.8. The van der Waals surface area contributed by atoms with Gasteiger partial charge in [0.2, 0.25) is 0 Å². The smallest absolute Gasteiger partial charge is 0.407 e. The Hall–Kier alpha value is -3.69. The van der Waals surface area contributed by atoms with Crippen LogP contribution in [0, 0.1) is 0 Å². The zero-order valence-corrected chi connectivity index (χ0v) is 21.8. The topological polar surface area (TPSA) is 109 Å². The second-order valence-corrected chi connectivity index (χ2v) is 9.42. The van der Waals surface area contributed by atoms with Crippen molar-refractivity contribution in [1.29, 1.82) is 0 Å². The predicted octanol–water partition coefficient (Wildman–Crippen LogP) is 4.10. The molecule has 9 heteroatoms.